The summed E-state index contributed by atoms with van der Waals surface area (Å²) in [4.78, 5) is 11.8. The van der Waals surface area contributed by atoms with Crippen LogP contribution in [0.5, 0.6) is 0 Å². The Balaban J connectivity index is 2.19. The van der Waals surface area contributed by atoms with Gasteiger partial charge in [-0.1, -0.05) is 13.8 Å². The van der Waals surface area contributed by atoms with Crippen LogP contribution in [0.1, 0.15) is 46.0 Å². The van der Waals surface area contributed by atoms with Gasteiger partial charge in [-0.25, -0.2) is 0 Å². The molecule has 1 saturated carbocycles. The van der Waals surface area contributed by atoms with Crippen LogP contribution in [0.4, 0.5) is 0 Å². The van der Waals surface area contributed by atoms with Crippen LogP contribution in [0.2, 0.25) is 0 Å². The number of hydrogen-bond acceptors (Lipinski definition) is 3. The average molecular weight is 256 g/mol. The van der Waals surface area contributed by atoms with Gasteiger partial charge in [0.1, 0.15) is 0 Å². The predicted molar refractivity (Wildman–Crippen MR) is 73.0 cm³/mol. The molecule has 0 aromatic carbocycles. The smallest absolute Gasteiger partial charge is 0.220 e. The Morgan fingerprint density at radius 1 is 1.44 bits per heavy atom. The fraction of sp³-hybridized carbons (Fsp3) is 0.929. The van der Waals surface area contributed by atoms with Crippen molar-refractivity contribution in [3.63, 3.8) is 0 Å². The van der Waals surface area contributed by atoms with Gasteiger partial charge in [0, 0.05) is 13.0 Å². The zero-order chi connectivity index (χ0) is 13.5. The van der Waals surface area contributed by atoms with Crippen LogP contribution in [0, 0.1) is 17.8 Å². The second-order valence-electron chi connectivity index (χ2n) is 6.07. The van der Waals surface area contributed by atoms with Gasteiger partial charge in [0.25, 0.3) is 0 Å². The molecule has 0 saturated heterocycles. The van der Waals surface area contributed by atoms with Gasteiger partial charge in [-0.15, -0.1) is 0 Å². The highest BCUT2D eigenvalue weighted by molar-refractivity contribution is 5.76. The van der Waals surface area contributed by atoms with E-state index in [0.29, 0.717) is 37.3 Å². The highest BCUT2D eigenvalue weighted by atomic mass is 16.3. The molecule has 0 aromatic rings. The Bertz CT molecular complexity index is 256. The van der Waals surface area contributed by atoms with Crippen LogP contribution in [-0.4, -0.2) is 30.2 Å². The maximum absolute atomic E-state index is 11.8. The van der Waals surface area contributed by atoms with E-state index in [4.69, 9.17) is 5.73 Å². The molecule has 0 aliphatic heterocycles. The highest BCUT2D eigenvalue weighted by Gasteiger charge is 2.23. The molecule has 18 heavy (non-hydrogen) atoms. The Morgan fingerprint density at radius 3 is 2.67 bits per heavy atom. The third-order valence-electron chi connectivity index (χ3n) is 3.71. The van der Waals surface area contributed by atoms with Gasteiger partial charge in [0.2, 0.25) is 5.91 Å². The molecule has 3 atom stereocenters. The summed E-state index contributed by atoms with van der Waals surface area (Å²) in [6.45, 7) is 5.59. The van der Waals surface area contributed by atoms with Crippen molar-refractivity contribution in [2.24, 2.45) is 23.5 Å². The number of rotatable bonds is 7. The van der Waals surface area contributed by atoms with Gasteiger partial charge in [-0.05, 0) is 50.0 Å². The molecule has 0 heterocycles. The number of nitrogens with one attached hydrogen (secondary N) is 1. The zero-order valence-corrected chi connectivity index (χ0v) is 11.7. The van der Waals surface area contributed by atoms with Crippen LogP contribution in [0.15, 0.2) is 0 Å². The number of hydrogen-bond donors (Lipinski definition) is 3. The number of aliphatic hydroxyl groups excluding tert-OH is 1. The van der Waals surface area contributed by atoms with E-state index < -0.39 is 0 Å². The van der Waals surface area contributed by atoms with E-state index >= 15 is 0 Å². The third kappa shape index (κ3) is 5.83. The molecule has 0 spiro atoms. The van der Waals surface area contributed by atoms with Gasteiger partial charge < -0.3 is 16.2 Å². The van der Waals surface area contributed by atoms with E-state index in [2.05, 4.69) is 19.2 Å². The monoisotopic (exact) mass is 256 g/mol. The Kier molecular flexibility index (Phi) is 6.65. The summed E-state index contributed by atoms with van der Waals surface area (Å²) in [5.74, 6) is 1.42. The minimum absolute atomic E-state index is 0.104. The molecule has 4 N–H and O–H groups in total. The first-order chi connectivity index (χ1) is 8.51. The van der Waals surface area contributed by atoms with Crippen molar-refractivity contribution >= 4 is 5.91 Å². The molecule has 4 nitrogen and oxygen atoms in total. The molecule has 1 aliphatic carbocycles. The predicted octanol–water partition coefficient (Wildman–Crippen LogP) is 1.27. The minimum atomic E-state index is -0.162. The Labute approximate surface area is 110 Å². The molecule has 0 aromatic heterocycles. The van der Waals surface area contributed by atoms with Crippen LogP contribution in [0.25, 0.3) is 0 Å². The second kappa shape index (κ2) is 7.74. The molecule has 1 aliphatic rings. The van der Waals surface area contributed by atoms with Gasteiger partial charge in [0.05, 0.1) is 6.10 Å². The van der Waals surface area contributed by atoms with Gasteiger partial charge >= 0.3 is 0 Å². The standard InChI is InChI=1S/C14H28N2O2/c1-10(2)5-12(8-15)7-14(18)16-9-11-3-4-13(17)6-11/h10-13,17H,3-9,15H2,1-2H3,(H,16,18). The summed E-state index contributed by atoms with van der Waals surface area (Å²) >= 11 is 0. The third-order valence-corrected chi connectivity index (χ3v) is 3.71. The fourth-order valence-corrected chi connectivity index (χ4v) is 2.76. The molecule has 106 valence electrons. The Morgan fingerprint density at radius 2 is 2.17 bits per heavy atom. The minimum Gasteiger partial charge on any atom is -0.393 e. The lowest BCUT2D eigenvalue weighted by Gasteiger charge is -2.17. The SMILES string of the molecule is CC(C)CC(CN)CC(=O)NCC1CCC(O)C1. The van der Waals surface area contributed by atoms with Crippen molar-refractivity contribution in [2.45, 2.75) is 52.1 Å². The molecule has 1 rings (SSSR count). The van der Waals surface area contributed by atoms with Crippen molar-refractivity contribution < 1.29 is 9.90 Å². The molecule has 0 radical (unpaired) electrons. The molecule has 4 heteroatoms. The normalized spacial score (nSPS) is 25.4. The van der Waals surface area contributed by atoms with E-state index in [9.17, 15) is 9.90 Å². The van der Waals surface area contributed by atoms with E-state index in [1.54, 1.807) is 0 Å². The van der Waals surface area contributed by atoms with Crippen LogP contribution in [-0.2, 0) is 4.79 Å². The Hall–Kier alpha value is -0.610. The summed E-state index contributed by atoms with van der Waals surface area (Å²) in [6, 6.07) is 0. The van der Waals surface area contributed by atoms with Crippen molar-refractivity contribution in [3.05, 3.63) is 0 Å². The quantitative estimate of drug-likeness (QED) is 0.642. The lowest BCUT2D eigenvalue weighted by Crippen LogP contribution is -2.32. The van der Waals surface area contributed by atoms with Crippen molar-refractivity contribution in [3.8, 4) is 0 Å². The van der Waals surface area contributed by atoms with Crippen molar-refractivity contribution in [1.29, 1.82) is 0 Å². The summed E-state index contributed by atoms with van der Waals surface area (Å²) in [7, 11) is 0. The number of carbonyl (C=O) groups excluding carboxylic acids is 1. The maximum atomic E-state index is 11.8. The summed E-state index contributed by atoms with van der Waals surface area (Å²) in [6.07, 6.45) is 4.10. The highest BCUT2D eigenvalue weighted by Crippen LogP contribution is 2.24. The number of amides is 1. The number of carbonyl (C=O) groups is 1. The number of nitrogens with two attached hydrogens (primary N) is 1. The van der Waals surface area contributed by atoms with E-state index in [0.717, 1.165) is 25.7 Å². The molecule has 1 fully saturated rings. The molecule has 0 bridgehead atoms. The maximum Gasteiger partial charge on any atom is 0.220 e. The lowest BCUT2D eigenvalue weighted by molar-refractivity contribution is -0.122. The van der Waals surface area contributed by atoms with Crippen molar-refractivity contribution in [1.82, 2.24) is 5.32 Å². The lowest BCUT2D eigenvalue weighted by atomic mass is 9.94. The molecule has 1 amide bonds. The van der Waals surface area contributed by atoms with Crippen molar-refractivity contribution in [2.75, 3.05) is 13.1 Å². The summed E-state index contributed by atoms with van der Waals surface area (Å²) in [5, 5.41) is 12.4. The van der Waals surface area contributed by atoms with Crippen LogP contribution < -0.4 is 11.1 Å². The molecular formula is C14H28N2O2. The number of aliphatic hydroxyl groups is 1. The summed E-state index contributed by atoms with van der Waals surface area (Å²) in [5.41, 5.74) is 5.69. The zero-order valence-electron chi connectivity index (χ0n) is 11.7. The van der Waals surface area contributed by atoms with Crippen LogP contribution in [0.3, 0.4) is 0 Å². The largest absolute Gasteiger partial charge is 0.393 e. The first-order valence-electron chi connectivity index (χ1n) is 7.16. The van der Waals surface area contributed by atoms with Gasteiger partial charge in [-0.2, -0.15) is 0 Å². The van der Waals surface area contributed by atoms with Crippen LogP contribution >= 0.6 is 0 Å². The second-order valence-corrected chi connectivity index (χ2v) is 6.07. The molecular weight excluding hydrogens is 228 g/mol. The van der Waals surface area contributed by atoms with Gasteiger partial charge in [-0.3, -0.25) is 4.79 Å². The van der Waals surface area contributed by atoms with E-state index in [1.165, 1.54) is 0 Å². The van der Waals surface area contributed by atoms with Gasteiger partial charge in [0.15, 0.2) is 0 Å². The van der Waals surface area contributed by atoms with E-state index in [1.807, 2.05) is 0 Å². The average Bonchev–Trinajstić information content (AvgIpc) is 2.71. The first-order valence-corrected chi connectivity index (χ1v) is 7.16. The topological polar surface area (TPSA) is 75.4 Å². The summed E-state index contributed by atoms with van der Waals surface area (Å²) < 4.78 is 0. The molecule has 3 unspecified atom stereocenters. The first kappa shape index (κ1) is 15.4. The fourth-order valence-electron chi connectivity index (χ4n) is 2.76. The van der Waals surface area contributed by atoms with E-state index in [-0.39, 0.29) is 12.0 Å².